The highest BCUT2D eigenvalue weighted by Gasteiger charge is 2.49. The minimum Gasteiger partial charge on any atom is -0.492 e. The summed E-state index contributed by atoms with van der Waals surface area (Å²) in [6, 6.07) is 18.7. The molecule has 13 rings (SSSR count). The molecule has 8 aliphatic rings. The van der Waals surface area contributed by atoms with Crippen LogP contribution in [0.25, 0.3) is 21.5 Å². The molecule has 5 aromatic carbocycles. The van der Waals surface area contributed by atoms with E-state index in [4.69, 9.17) is 20.8 Å². The van der Waals surface area contributed by atoms with Gasteiger partial charge in [0, 0.05) is 63.3 Å². The van der Waals surface area contributed by atoms with Crippen LogP contribution in [0.4, 0.5) is 0 Å². The fourth-order valence-electron chi connectivity index (χ4n) is 14.3. The highest BCUT2D eigenvalue weighted by atomic mass is 32.2. The summed E-state index contributed by atoms with van der Waals surface area (Å²) in [4.78, 5) is 149. The standard InChI is InChI=1S/C83H109N17O15S/c1-47(86-9)72(101)94-70(82(3,4)5)79(108)99-43-57-39-68(99)77(106)91-64(37-51-19-25-53-15-11-13-17-55(53)33-51)74(103)90-66(76(105)98-116(112,113)63-31-32-63)35-49-21-27-61(28-22-49)114-45-59(96-84)41-89-58-40-69(100(44-58)80(109)71(83(6,7)8)95-73(102)48(2)87-10)78(107)92-65(38-52-20-26-54-16-12-14-18-56(54)34-52)75(104)93-67(81(110)111)36-50-23-29-62(30-24-50)115-46-60(97-85)42-88-57/h11-21,23-27,29-30,33-34,41-42,47-48,57-58,63-71,84,86-89,97H,22,28,31-32,35-40,43-46,85H2,1-10H3,(H,90,103)(H,91,106)(H,92,107)(H,93,104)(H,94,101)(H,95,102)(H,98,105)(H,110,111). The number of carboxylic acids is 1. The van der Waals surface area contributed by atoms with Crippen molar-refractivity contribution in [2.45, 2.75) is 197 Å². The fraction of sp³-hybridized carbons (Fsp3) is 0.470. The van der Waals surface area contributed by atoms with Gasteiger partial charge < -0.3 is 83.0 Å². The molecule has 622 valence electrons. The van der Waals surface area contributed by atoms with E-state index in [0.29, 0.717) is 46.6 Å². The number of rotatable bonds is 18. The second kappa shape index (κ2) is 38.4. The summed E-state index contributed by atoms with van der Waals surface area (Å²) >= 11 is 0. The minimum atomic E-state index is -4.18. The Bertz CT molecular complexity index is 4750. The Hall–Kier alpha value is -11.3. The Morgan fingerprint density at radius 3 is 1.55 bits per heavy atom. The Kier molecular flexibility index (Phi) is 28.9. The Morgan fingerprint density at radius 1 is 0.612 bits per heavy atom. The number of carboxylic acid groups (broad SMARTS) is 1. The van der Waals surface area contributed by atoms with Crippen molar-refractivity contribution in [3.63, 3.8) is 0 Å². The molecule has 0 spiro atoms. The SMILES string of the molecule is CNC(C)C(=O)NC(C(=O)N1CC2CC1C(=O)NC(Cc1ccc3ccccc3c1)C(=O)NC(C(=O)O)Cc1ccc(cc1)OCC(NN)=CNC1CC(C(=O)NC(Cc3ccc4ccccc4c3)C(=O)NC(C(=O)NS(=O)(=O)C3CC3)CC3=CC=C(CC3)OCC(N=N)=CN2)N(C(=O)C(NC(=O)C(C)NC)C(C)(C)C)C1)C(C)(C)C. The number of carbonyl (C=O) groups is 10. The van der Waals surface area contributed by atoms with Gasteiger partial charge >= 0.3 is 5.97 Å². The summed E-state index contributed by atoms with van der Waals surface area (Å²) < 4.78 is 41.7. The van der Waals surface area contributed by atoms with Crippen molar-refractivity contribution in [2.24, 2.45) is 21.8 Å². The first-order chi connectivity index (χ1) is 55.1. The van der Waals surface area contributed by atoms with Gasteiger partial charge in [0.1, 0.15) is 73.0 Å². The van der Waals surface area contributed by atoms with E-state index in [-0.39, 0.29) is 89.1 Å². The molecule has 3 fully saturated rings. The van der Waals surface area contributed by atoms with Gasteiger partial charge in [0.25, 0.3) is 5.91 Å². The van der Waals surface area contributed by atoms with E-state index in [1.807, 2.05) is 72.8 Å². The van der Waals surface area contributed by atoms with E-state index in [1.165, 1.54) is 22.2 Å². The summed E-state index contributed by atoms with van der Waals surface area (Å²) in [5.74, 6) is -0.982. The van der Waals surface area contributed by atoms with Crippen LogP contribution >= 0.6 is 0 Å². The van der Waals surface area contributed by atoms with Crippen LogP contribution in [-0.4, -0.2) is 201 Å². The number of likely N-dealkylation sites (tertiary alicyclic amines) is 2. The Morgan fingerprint density at radius 2 is 1.10 bits per heavy atom. The van der Waals surface area contributed by atoms with Crippen molar-refractivity contribution < 1.29 is 70.9 Å². The summed E-state index contributed by atoms with van der Waals surface area (Å²) in [5, 5.41) is 46.5. The third-order valence-electron chi connectivity index (χ3n) is 21.6. The summed E-state index contributed by atoms with van der Waals surface area (Å²) in [6.07, 6.45) is 6.52. The molecular weight excluding hydrogens is 1510 g/mol. The predicted molar refractivity (Wildman–Crippen MR) is 435 cm³/mol. The molecule has 0 aromatic heterocycles. The second-order valence-electron chi connectivity index (χ2n) is 32.6. The van der Waals surface area contributed by atoms with Gasteiger partial charge in [-0.1, -0.05) is 150 Å². The van der Waals surface area contributed by atoms with Crippen molar-refractivity contribution in [1.29, 1.82) is 5.53 Å². The van der Waals surface area contributed by atoms with Crippen LogP contribution in [0.3, 0.4) is 0 Å². The third-order valence-corrected chi connectivity index (χ3v) is 23.4. The number of sulfonamides is 1. The molecule has 6 aliphatic heterocycles. The van der Waals surface area contributed by atoms with E-state index >= 15 is 24.0 Å². The number of nitrogens with one attached hydrogen (secondary N) is 13. The summed E-state index contributed by atoms with van der Waals surface area (Å²) in [6.45, 7) is 13.2. The van der Waals surface area contributed by atoms with Crippen molar-refractivity contribution in [1.82, 2.24) is 73.1 Å². The van der Waals surface area contributed by atoms with Crippen LogP contribution < -0.4 is 73.9 Å². The van der Waals surface area contributed by atoms with Gasteiger partial charge in [-0.2, -0.15) is 5.11 Å². The van der Waals surface area contributed by atoms with Crippen molar-refractivity contribution in [3.05, 3.63) is 173 Å². The monoisotopic (exact) mass is 1620 g/mol. The van der Waals surface area contributed by atoms with Crippen molar-refractivity contribution in [2.75, 3.05) is 40.4 Å². The number of fused-ring (bicyclic) bond motifs is 2. The predicted octanol–water partition coefficient (Wildman–Crippen LogP) is 3.63. The van der Waals surface area contributed by atoms with Crippen LogP contribution in [0.1, 0.15) is 117 Å². The van der Waals surface area contributed by atoms with Crippen molar-refractivity contribution in [3.8, 4) is 5.75 Å². The lowest BCUT2D eigenvalue weighted by Gasteiger charge is -2.36. The maximum atomic E-state index is 15.4. The van der Waals surface area contributed by atoms with E-state index in [9.17, 15) is 37.5 Å². The van der Waals surface area contributed by atoms with Crippen LogP contribution in [0.2, 0.25) is 0 Å². The zero-order valence-corrected chi connectivity index (χ0v) is 67.9. The van der Waals surface area contributed by atoms with Crippen LogP contribution in [0, 0.1) is 16.4 Å². The van der Waals surface area contributed by atoms with Gasteiger partial charge in [0.15, 0.2) is 0 Å². The number of hydrazine groups is 1. The first kappa shape index (κ1) is 87.1. The average Bonchev–Trinajstić information content (AvgIpc) is 1.63. The van der Waals surface area contributed by atoms with Gasteiger partial charge in [-0.15, -0.1) is 0 Å². The molecule has 9 amide bonds. The number of likely N-dealkylation sites (N-methyl/N-ethyl adjacent to an activating group) is 2. The molecule has 1 saturated carbocycles. The van der Waals surface area contributed by atoms with Gasteiger partial charge in [0.05, 0.1) is 28.8 Å². The van der Waals surface area contributed by atoms with E-state index < -0.39 is 158 Å². The second-order valence-corrected chi connectivity index (χ2v) is 34.5. The highest BCUT2D eigenvalue weighted by Crippen LogP contribution is 2.32. The van der Waals surface area contributed by atoms with Crippen molar-refractivity contribution >= 4 is 90.7 Å². The van der Waals surface area contributed by atoms with Gasteiger partial charge in [-0.05, 0) is 134 Å². The largest absolute Gasteiger partial charge is 0.492 e. The summed E-state index contributed by atoms with van der Waals surface area (Å²) in [5.41, 5.74) is 11.7. The number of nitrogens with zero attached hydrogens (tertiary/aromatic N) is 3. The molecule has 33 heteroatoms. The van der Waals surface area contributed by atoms with Crippen LogP contribution in [-0.2, 0) is 82.0 Å². The quantitative estimate of drug-likeness (QED) is 0.0338. The zero-order chi connectivity index (χ0) is 83.9. The molecule has 12 atom stereocenters. The molecule has 16 N–H and O–H groups in total. The number of carbonyl (C=O) groups excluding carboxylic acids is 9. The number of allylic oxidation sites excluding steroid dienone is 3. The number of nitrogens with two attached hydrogens (primary N) is 1. The average molecular weight is 1620 g/mol. The molecule has 8 bridgehead atoms. The molecule has 2 aliphatic carbocycles. The first-order valence-corrected chi connectivity index (χ1v) is 40.7. The lowest BCUT2D eigenvalue weighted by Crippen LogP contribution is -2.61. The molecular formula is C83H109N17O15S. The van der Waals surface area contributed by atoms with Crippen LogP contribution in [0.5, 0.6) is 5.75 Å². The topological polar surface area (TPSA) is 457 Å². The fourth-order valence-corrected chi connectivity index (χ4v) is 15.6. The summed E-state index contributed by atoms with van der Waals surface area (Å²) in [7, 11) is -0.987. The third kappa shape index (κ3) is 23.0. The molecule has 0 radical (unpaired) electrons. The smallest absolute Gasteiger partial charge is 0.326 e. The maximum absolute atomic E-state index is 15.4. The lowest BCUT2D eigenvalue weighted by atomic mass is 9.85. The molecule has 6 heterocycles. The molecule has 12 unspecified atom stereocenters. The molecule has 5 aromatic rings. The minimum absolute atomic E-state index is 0.0576. The number of amides is 9. The van der Waals surface area contributed by atoms with E-state index in [1.54, 1.807) is 118 Å². The van der Waals surface area contributed by atoms with Gasteiger partial charge in [-0.25, -0.2) is 18.7 Å². The number of hydrogen-bond acceptors (Lipinski definition) is 22. The van der Waals surface area contributed by atoms with E-state index in [2.05, 4.69) is 68.4 Å². The Labute approximate surface area is 675 Å². The number of aliphatic carboxylic acids is 1. The van der Waals surface area contributed by atoms with Gasteiger partial charge in [0.2, 0.25) is 57.3 Å². The first-order valence-electron chi connectivity index (χ1n) is 39.1. The lowest BCUT2D eigenvalue weighted by molar-refractivity contribution is -0.145. The van der Waals surface area contributed by atoms with E-state index in [0.717, 1.165) is 21.5 Å². The number of ether oxygens (including phenoxy) is 2. The number of hydrogen-bond donors (Lipinski definition) is 15. The Balaban J connectivity index is 1.00. The van der Waals surface area contributed by atoms with Gasteiger partial charge in [-0.3, -0.25) is 53.7 Å². The van der Waals surface area contributed by atoms with Crippen LogP contribution in [0.15, 0.2) is 162 Å². The zero-order valence-electron chi connectivity index (χ0n) is 67.1. The normalized spacial score (nSPS) is 23.0. The molecule has 116 heavy (non-hydrogen) atoms. The maximum Gasteiger partial charge on any atom is 0.326 e. The highest BCUT2D eigenvalue weighted by molar-refractivity contribution is 7.91. The number of benzene rings is 5. The molecule has 32 nitrogen and oxygen atoms in total. The molecule has 2 saturated heterocycles.